The number of hydrogen-bond acceptors (Lipinski definition) is 5. The number of aromatic nitrogens is 2. The molecule has 0 bridgehead atoms. The van der Waals surface area contributed by atoms with Crippen molar-refractivity contribution in [2.75, 3.05) is 0 Å². The number of rotatable bonds is 2. The third kappa shape index (κ3) is 1.99. The molecule has 0 fully saturated rings. The molecule has 84 valence electrons. The fourth-order valence-electron chi connectivity index (χ4n) is 1.29. The van der Waals surface area contributed by atoms with E-state index in [-0.39, 0.29) is 17.3 Å². The van der Waals surface area contributed by atoms with Gasteiger partial charge in [0.1, 0.15) is 17.5 Å². The molecule has 0 saturated heterocycles. The quantitative estimate of drug-likeness (QED) is 0.839. The summed E-state index contributed by atoms with van der Waals surface area (Å²) in [5.74, 6) is -0.797. The molecule has 2 rings (SSSR count). The molecule has 0 spiro atoms. The number of hydrogen-bond donors (Lipinski definition) is 1. The number of oxazole rings is 1. The molecule has 0 amide bonds. The van der Waals surface area contributed by atoms with E-state index in [0.717, 1.165) is 0 Å². The van der Waals surface area contributed by atoms with E-state index in [1.807, 2.05) is 6.07 Å². The normalized spacial score (nSPS) is 9.88. The number of carboxylic acid groups (broad SMARTS) is 1. The molecule has 0 aromatic carbocycles. The Balaban J connectivity index is 2.43. The first kappa shape index (κ1) is 10.8. The van der Waals surface area contributed by atoms with E-state index < -0.39 is 5.97 Å². The van der Waals surface area contributed by atoms with Crippen molar-refractivity contribution >= 4 is 5.97 Å². The van der Waals surface area contributed by atoms with E-state index in [2.05, 4.69) is 9.97 Å². The highest BCUT2D eigenvalue weighted by molar-refractivity contribution is 5.86. The largest absolute Gasteiger partial charge is 0.476 e. The number of nitrogens with zero attached hydrogens (tertiary/aromatic N) is 3. The monoisotopic (exact) mass is 229 g/mol. The topological polar surface area (TPSA) is 100 Å². The van der Waals surface area contributed by atoms with Crippen LogP contribution in [0.2, 0.25) is 0 Å². The Kier molecular flexibility index (Phi) is 2.58. The molecule has 0 unspecified atom stereocenters. The summed E-state index contributed by atoms with van der Waals surface area (Å²) in [6.45, 7) is 1.52. The lowest BCUT2D eigenvalue weighted by atomic mass is 10.3. The molecule has 0 aliphatic carbocycles. The van der Waals surface area contributed by atoms with Crippen LogP contribution in [0.5, 0.6) is 0 Å². The van der Waals surface area contributed by atoms with Crippen molar-refractivity contribution in [3.63, 3.8) is 0 Å². The third-order valence-corrected chi connectivity index (χ3v) is 2.11. The number of aryl methyl sites for hydroxylation is 1. The highest BCUT2D eigenvalue weighted by Gasteiger charge is 2.17. The first-order valence-electron chi connectivity index (χ1n) is 4.69. The van der Waals surface area contributed by atoms with Crippen LogP contribution in [0.15, 0.2) is 22.7 Å². The number of nitriles is 1. The zero-order chi connectivity index (χ0) is 12.4. The SMILES string of the molecule is Cc1oc(-c2ccc(C#N)cn2)nc1C(=O)O. The smallest absolute Gasteiger partial charge is 0.358 e. The van der Waals surface area contributed by atoms with Gasteiger partial charge in [0.15, 0.2) is 5.69 Å². The summed E-state index contributed by atoms with van der Waals surface area (Å²) < 4.78 is 5.20. The van der Waals surface area contributed by atoms with E-state index in [0.29, 0.717) is 11.3 Å². The lowest BCUT2D eigenvalue weighted by Crippen LogP contribution is -1.98. The number of pyridine rings is 1. The fraction of sp³-hybridized carbons (Fsp3) is 0.0909. The van der Waals surface area contributed by atoms with Gasteiger partial charge >= 0.3 is 5.97 Å². The molecule has 0 radical (unpaired) electrons. The van der Waals surface area contributed by atoms with Crippen molar-refractivity contribution in [2.45, 2.75) is 6.92 Å². The number of aromatic carboxylic acids is 1. The molecule has 17 heavy (non-hydrogen) atoms. The van der Waals surface area contributed by atoms with Gasteiger partial charge in [0, 0.05) is 6.20 Å². The molecule has 2 aromatic rings. The minimum atomic E-state index is -1.15. The minimum absolute atomic E-state index is 0.129. The van der Waals surface area contributed by atoms with Gasteiger partial charge in [-0.1, -0.05) is 0 Å². The van der Waals surface area contributed by atoms with E-state index >= 15 is 0 Å². The van der Waals surface area contributed by atoms with Crippen LogP contribution in [0.3, 0.4) is 0 Å². The molecular weight excluding hydrogens is 222 g/mol. The van der Waals surface area contributed by atoms with Crippen LogP contribution in [-0.4, -0.2) is 21.0 Å². The van der Waals surface area contributed by atoms with Gasteiger partial charge < -0.3 is 9.52 Å². The summed E-state index contributed by atoms with van der Waals surface area (Å²) in [4.78, 5) is 18.6. The van der Waals surface area contributed by atoms with Crippen LogP contribution in [0, 0.1) is 18.3 Å². The maximum absolute atomic E-state index is 10.8. The third-order valence-electron chi connectivity index (χ3n) is 2.11. The highest BCUT2D eigenvalue weighted by atomic mass is 16.4. The van der Waals surface area contributed by atoms with E-state index in [1.165, 1.54) is 13.1 Å². The molecule has 2 heterocycles. The van der Waals surface area contributed by atoms with Crippen LogP contribution in [0.4, 0.5) is 0 Å². The zero-order valence-electron chi connectivity index (χ0n) is 8.84. The molecule has 0 aliphatic heterocycles. The second-order valence-corrected chi connectivity index (χ2v) is 3.27. The van der Waals surface area contributed by atoms with Crippen LogP contribution in [0.25, 0.3) is 11.6 Å². The van der Waals surface area contributed by atoms with Crippen molar-refractivity contribution in [1.29, 1.82) is 5.26 Å². The predicted molar refractivity (Wildman–Crippen MR) is 56.1 cm³/mol. The summed E-state index contributed by atoms with van der Waals surface area (Å²) in [5.41, 5.74) is 0.668. The molecular formula is C11H7N3O3. The van der Waals surface area contributed by atoms with Gasteiger partial charge in [-0.3, -0.25) is 0 Å². The van der Waals surface area contributed by atoms with E-state index in [1.54, 1.807) is 12.1 Å². The lowest BCUT2D eigenvalue weighted by Gasteiger charge is -1.93. The van der Waals surface area contributed by atoms with Gasteiger partial charge in [-0.2, -0.15) is 5.26 Å². The van der Waals surface area contributed by atoms with Crippen molar-refractivity contribution in [3.05, 3.63) is 35.3 Å². The van der Waals surface area contributed by atoms with Gasteiger partial charge in [0.05, 0.1) is 5.56 Å². The molecule has 0 atom stereocenters. The second kappa shape index (κ2) is 4.06. The maximum atomic E-state index is 10.8. The Labute approximate surface area is 96.2 Å². The summed E-state index contributed by atoms with van der Waals surface area (Å²) >= 11 is 0. The van der Waals surface area contributed by atoms with Gasteiger partial charge in [0.25, 0.3) is 0 Å². The summed E-state index contributed by atoms with van der Waals surface area (Å²) in [6, 6.07) is 5.04. The number of carbonyl (C=O) groups is 1. The van der Waals surface area contributed by atoms with E-state index in [9.17, 15) is 4.79 Å². The van der Waals surface area contributed by atoms with Gasteiger partial charge in [0.2, 0.25) is 5.89 Å². The van der Waals surface area contributed by atoms with Gasteiger partial charge in [-0.25, -0.2) is 14.8 Å². The molecule has 6 nitrogen and oxygen atoms in total. The standard InChI is InChI=1S/C11H7N3O3/c1-6-9(11(15)16)14-10(17-6)8-3-2-7(4-12)5-13-8/h2-3,5H,1H3,(H,15,16). The van der Waals surface area contributed by atoms with Crippen LogP contribution < -0.4 is 0 Å². The Hall–Kier alpha value is -2.68. The minimum Gasteiger partial charge on any atom is -0.476 e. The van der Waals surface area contributed by atoms with Crippen molar-refractivity contribution < 1.29 is 14.3 Å². The first-order valence-corrected chi connectivity index (χ1v) is 4.69. The summed E-state index contributed by atoms with van der Waals surface area (Å²) in [5, 5.41) is 17.4. The molecule has 0 saturated carbocycles. The van der Waals surface area contributed by atoms with Crippen LogP contribution >= 0.6 is 0 Å². The zero-order valence-corrected chi connectivity index (χ0v) is 8.84. The Morgan fingerprint density at radius 1 is 1.53 bits per heavy atom. The lowest BCUT2D eigenvalue weighted by molar-refractivity contribution is 0.0689. The first-order chi connectivity index (χ1) is 8.11. The molecule has 0 aliphatic rings. The number of carboxylic acids is 1. The van der Waals surface area contributed by atoms with Crippen molar-refractivity contribution in [1.82, 2.24) is 9.97 Å². The maximum Gasteiger partial charge on any atom is 0.358 e. The van der Waals surface area contributed by atoms with Gasteiger partial charge in [-0.05, 0) is 19.1 Å². The Morgan fingerprint density at radius 2 is 2.29 bits per heavy atom. The fourth-order valence-corrected chi connectivity index (χ4v) is 1.29. The molecule has 1 N–H and O–H groups in total. The Morgan fingerprint density at radius 3 is 2.76 bits per heavy atom. The molecule has 6 heteroatoms. The average molecular weight is 229 g/mol. The van der Waals surface area contributed by atoms with Crippen LogP contribution in [-0.2, 0) is 0 Å². The van der Waals surface area contributed by atoms with E-state index in [4.69, 9.17) is 14.8 Å². The molecule has 2 aromatic heterocycles. The Bertz CT molecular complexity index is 608. The summed E-state index contributed by atoms with van der Waals surface area (Å²) in [7, 11) is 0. The second-order valence-electron chi connectivity index (χ2n) is 3.27. The predicted octanol–water partition coefficient (Wildman–Crippen LogP) is 1.61. The highest BCUT2D eigenvalue weighted by Crippen LogP contribution is 2.19. The van der Waals surface area contributed by atoms with Crippen molar-refractivity contribution in [2.24, 2.45) is 0 Å². The van der Waals surface area contributed by atoms with Crippen LogP contribution in [0.1, 0.15) is 21.8 Å². The van der Waals surface area contributed by atoms with Gasteiger partial charge in [-0.15, -0.1) is 0 Å². The summed E-state index contributed by atoms with van der Waals surface area (Å²) in [6.07, 6.45) is 1.37. The van der Waals surface area contributed by atoms with Crippen molar-refractivity contribution in [3.8, 4) is 17.7 Å². The average Bonchev–Trinajstić information content (AvgIpc) is 2.71.